The van der Waals surface area contributed by atoms with Crippen molar-refractivity contribution in [3.8, 4) is 5.30 Å². The van der Waals surface area contributed by atoms with E-state index in [9.17, 15) is 0 Å². The van der Waals surface area contributed by atoms with Crippen LogP contribution in [0.5, 0.6) is 0 Å². The maximum atomic E-state index is 3.96. The molecule has 0 saturated heterocycles. The molecule has 0 unspecified atom stereocenters. The summed E-state index contributed by atoms with van der Waals surface area (Å²) in [4.78, 5) is 17.2. The van der Waals surface area contributed by atoms with Crippen molar-refractivity contribution in [2.45, 2.75) is 27.7 Å². The summed E-state index contributed by atoms with van der Waals surface area (Å²) < 4.78 is 0. The second-order valence-corrected chi connectivity index (χ2v) is 19.3. The Kier molecular flexibility index (Phi) is 12.9. The fourth-order valence-corrected chi connectivity index (χ4v) is 11.1. The fraction of sp³-hybridized carbons (Fsp3) is 0.0690. The molecule has 0 radical (unpaired) electrons. The molecule has 7 aromatic carbocycles. The van der Waals surface area contributed by atoms with E-state index in [1.54, 1.807) is 0 Å². The van der Waals surface area contributed by atoms with Crippen LogP contribution >= 0.6 is 7.53 Å². The van der Waals surface area contributed by atoms with Crippen LogP contribution in [0.15, 0.2) is 177 Å². The molecule has 0 aliphatic carbocycles. The van der Waals surface area contributed by atoms with E-state index in [2.05, 4.69) is 295 Å². The Bertz CT molecular complexity index is 3080. The fourth-order valence-electron chi connectivity index (χ4n) is 8.70. The van der Waals surface area contributed by atoms with Gasteiger partial charge in [0.2, 0.25) is 0 Å². The van der Waals surface area contributed by atoms with Crippen molar-refractivity contribution < 1.29 is 42.1 Å². The molecule has 0 amide bonds. The number of aryl methyl sites for hydroxylation is 4. The molecule has 1 aromatic heterocycles. The van der Waals surface area contributed by atoms with Gasteiger partial charge in [-0.3, -0.25) is 0 Å². The molecule has 0 bridgehead atoms. The average molecular weight is 1280 g/mol. The largest absolute Gasteiger partial charge is 4.00 e. The minimum atomic E-state index is -1.26. The van der Waals surface area contributed by atoms with Crippen LogP contribution in [0.25, 0.3) is 26.3 Å². The zero-order valence-electron chi connectivity index (χ0n) is 38.2. The molecular weight excluding hydrogens is 1230 g/mol. The third kappa shape index (κ3) is 9.03. The van der Waals surface area contributed by atoms with Crippen LogP contribution < -0.4 is 39.2 Å². The monoisotopic (exact) mass is 1270 g/mol. The van der Waals surface area contributed by atoms with Crippen molar-refractivity contribution in [1.29, 1.82) is 0 Å². The van der Waals surface area contributed by atoms with E-state index < -0.39 is 7.53 Å². The molecule has 5 heterocycles. The topological polar surface area (TPSA) is 25.9 Å². The quantitative estimate of drug-likeness (QED) is 0.132. The van der Waals surface area contributed by atoms with E-state index in [1.165, 1.54) is 22.3 Å². The maximum Gasteiger partial charge on any atom is 4.00 e. The van der Waals surface area contributed by atoms with Crippen molar-refractivity contribution in [2.75, 3.05) is 39.2 Å². The number of hydrogen-bond donors (Lipinski definition) is 0. The van der Waals surface area contributed by atoms with Crippen LogP contribution in [0.1, 0.15) is 22.3 Å². The van der Waals surface area contributed by atoms with Gasteiger partial charge in [0.05, 0.1) is 0 Å². The summed E-state index contributed by atoms with van der Waals surface area (Å²) in [6.07, 6.45) is 16.8. The van der Waals surface area contributed by atoms with Gasteiger partial charge >= 0.3 is 42.1 Å². The predicted octanol–water partition coefficient (Wildman–Crippen LogP) is 14.1. The predicted molar refractivity (Wildman–Crippen MR) is 279 cm³/mol. The SMILES string of the molecule is Cc1ccc(N2C=CN(c3[c-]c4c(cc3)c3ccc(N5C=CN(c6ccc(C)cc6)[CH-]5)[c-]c3p4-c3[c-]c(N4C=CN(c5ccc(C)cc5)[CH-]4)cc(N4C=CN(c5ccc(C)cc5)[CH-]4)[c-]3)[CH-]2)cc1.[Pt+4].[Pt+4]. The number of fused-ring (bicyclic) bond motifs is 3. The van der Waals surface area contributed by atoms with Gasteiger partial charge < -0.3 is 51.3 Å². The molecule has 0 saturated carbocycles. The molecular formula is C58H45N8PPt2. The Labute approximate surface area is 435 Å². The van der Waals surface area contributed by atoms with E-state index >= 15 is 0 Å². The first-order chi connectivity index (χ1) is 32.8. The summed E-state index contributed by atoms with van der Waals surface area (Å²) in [6.45, 7) is 16.9. The number of benzene rings is 7. The molecule has 0 atom stereocenters. The van der Waals surface area contributed by atoms with Gasteiger partial charge in [0.15, 0.2) is 0 Å². The summed E-state index contributed by atoms with van der Waals surface area (Å²) in [5, 5.41) is 5.50. The van der Waals surface area contributed by atoms with Gasteiger partial charge in [-0.15, -0.1) is 60.4 Å². The van der Waals surface area contributed by atoms with Gasteiger partial charge in [0, 0.05) is 22.7 Å². The molecule has 69 heavy (non-hydrogen) atoms. The number of rotatable bonds is 9. The molecule has 0 N–H and O–H groups in total. The summed E-state index contributed by atoms with van der Waals surface area (Å²) in [5.41, 5.74) is 13.0. The zero-order valence-corrected chi connectivity index (χ0v) is 43.6. The summed E-state index contributed by atoms with van der Waals surface area (Å²) in [5.74, 6) is 0. The van der Waals surface area contributed by atoms with Crippen LogP contribution in [0.4, 0.5) is 45.5 Å². The molecule has 0 spiro atoms. The number of anilines is 8. The third-order valence-corrected chi connectivity index (χ3v) is 14.8. The Hall–Kier alpha value is -6.42. The zero-order chi connectivity index (χ0) is 45.2. The van der Waals surface area contributed by atoms with Crippen LogP contribution in [0.3, 0.4) is 0 Å². The summed E-state index contributed by atoms with van der Waals surface area (Å²) in [7, 11) is -1.26. The van der Waals surface area contributed by atoms with Crippen molar-refractivity contribution in [3.63, 3.8) is 0 Å². The Balaban J connectivity index is 0.00000277. The van der Waals surface area contributed by atoms with Gasteiger partial charge in [-0.1, -0.05) is 70.8 Å². The van der Waals surface area contributed by atoms with E-state index in [1.807, 2.05) is 0 Å². The van der Waals surface area contributed by atoms with Gasteiger partial charge in [0.1, 0.15) is 0 Å². The molecule has 0 fully saturated rings. The van der Waals surface area contributed by atoms with E-state index in [0.29, 0.717) is 0 Å². The molecule has 4 aliphatic heterocycles. The van der Waals surface area contributed by atoms with Crippen molar-refractivity contribution in [2.24, 2.45) is 0 Å². The Morgan fingerprint density at radius 1 is 0.319 bits per heavy atom. The Morgan fingerprint density at radius 3 is 0.899 bits per heavy atom. The van der Waals surface area contributed by atoms with Crippen LogP contribution in [0, 0.1) is 78.6 Å². The van der Waals surface area contributed by atoms with Crippen LogP contribution in [-0.4, -0.2) is 0 Å². The molecule has 8 aromatic rings. The normalized spacial score (nSPS) is 15.2. The first kappa shape index (κ1) is 46.3. The van der Waals surface area contributed by atoms with E-state index in [0.717, 1.165) is 71.8 Å². The van der Waals surface area contributed by atoms with Gasteiger partial charge in [-0.05, 0) is 126 Å². The minimum absolute atomic E-state index is 0. The van der Waals surface area contributed by atoms with Gasteiger partial charge in [-0.2, -0.15) is 42.6 Å². The van der Waals surface area contributed by atoms with Crippen LogP contribution in [-0.2, 0) is 42.1 Å². The van der Waals surface area contributed by atoms with E-state index in [-0.39, 0.29) is 42.1 Å². The maximum absolute atomic E-state index is 3.96. The smallest absolute Gasteiger partial charge is 0.519 e. The molecule has 4 aliphatic rings. The third-order valence-electron chi connectivity index (χ3n) is 12.5. The van der Waals surface area contributed by atoms with Crippen molar-refractivity contribution >= 4 is 74.0 Å². The minimum Gasteiger partial charge on any atom is -0.519 e. The second-order valence-electron chi connectivity index (χ2n) is 17.3. The molecule has 342 valence electrons. The molecule has 11 heteroatoms. The first-order valence-electron chi connectivity index (χ1n) is 22.4. The summed E-state index contributed by atoms with van der Waals surface area (Å²) >= 11 is 0. The average Bonchev–Trinajstić information content (AvgIpc) is 4.22. The van der Waals surface area contributed by atoms with Crippen LogP contribution in [0.2, 0.25) is 0 Å². The van der Waals surface area contributed by atoms with Gasteiger partial charge in [-0.25, -0.2) is 22.7 Å². The van der Waals surface area contributed by atoms with E-state index in [4.69, 9.17) is 0 Å². The molecule has 8 nitrogen and oxygen atoms in total. The summed E-state index contributed by atoms with van der Waals surface area (Å²) in [6, 6.07) is 61.2. The second kappa shape index (κ2) is 19.2. The van der Waals surface area contributed by atoms with Crippen molar-refractivity contribution in [1.82, 2.24) is 0 Å². The van der Waals surface area contributed by atoms with Crippen molar-refractivity contribution in [3.05, 3.63) is 250 Å². The van der Waals surface area contributed by atoms with Gasteiger partial charge in [0.25, 0.3) is 0 Å². The Morgan fingerprint density at radius 2 is 0.594 bits per heavy atom. The molecule has 12 rings (SSSR count). The first-order valence-corrected chi connectivity index (χ1v) is 23.7. The number of nitrogens with zero attached hydrogens (tertiary/aromatic N) is 8. The standard InChI is InChI=1S/C58H45N8P.2Pt/c1-42-5-13-46(14-6-42)59-25-29-63(38-59)50-21-23-55-56-24-22-51(64-30-26-60(39-64)47-15-7-43(2)8-16-47)37-58(56)67(57(55)36-50)54-34-52(65-31-27-61(40-65)48-17-9-44(3)10-18-48)33-53(35-54)66-32-28-62(41-66)49-19-11-45(4)12-20-49;;/h5-33,38-41H,1-4H3;;/q-8;2*+4. The number of hydrogen-bond acceptors (Lipinski definition) is 8.